The van der Waals surface area contributed by atoms with Gasteiger partial charge in [0.25, 0.3) is 0 Å². The predicted molar refractivity (Wildman–Crippen MR) is 74.0 cm³/mol. The van der Waals surface area contributed by atoms with Gasteiger partial charge in [-0.2, -0.15) is 0 Å². The third-order valence-corrected chi connectivity index (χ3v) is 3.13. The molecule has 2 aromatic carbocycles. The second-order valence-electron chi connectivity index (χ2n) is 4.48. The van der Waals surface area contributed by atoms with Crippen molar-refractivity contribution < 1.29 is 19.8 Å². The quantitative estimate of drug-likeness (QED) is 0.661. The fourth-order valence-electron chi connectivity index (χ4n) is 1.95. The lowest BCUT2D eigenvalue weighted by Crippen LogP contribution is -2.21. The van der Waals surface area contributed by atoms with E-state index in [0.717, 1.165) is 0 Å². The third-order valence-electron chi connectivity index (χ3n) is 3.13. The molecule has 20 heavy (non-hydrogen) atoms. The van der Waals surface area contributed by atoms with E-state index in [1.54, 1.807) is 24.3 Å². The Labute approximate surface area is 116 Å². The summed E-state index contributed by atoms with van der Waals surface area (Å²) in [5.74, 6) is -2.24. The fraction of sp³-hybridized carbons (Fsp3) is 0.125. The molecule has 0 aliphatic rings. The Hall–Kier alpha value is -2.62. The van der Waals surface area contributed by atoms with E-state index in [9.17, 15) is 19.8 Å². The van der Waals surface area contributed by atoms with Gasteiger partial charge in [0, 0.05) is 0 Å². The number of rotatable bonds is 4. The van der Waals surface area contributed by atoms with Crippen molar-refractivity contribution in [3.63, 3.8) is 0 Å². The number of ketones is 2. The average Bonchev–Trinajstić information content (AvgIpc) is 2.46. The maximum absolute atomic E-state index is 12.2. The van der Waals surface area contributed by atoms with E-state index in [1.807, 2.05) is 0 Å². The highest BCUT2D eigenvalue weighted by atomic mass is 16.3. The highest BCUT2D eigenvalue weighted by molar-refractivity contribution is 6.17. The number of carbonyl (C=O) groups is 2. The highest BCUT2D eigenvalue weighted by Crippen LogP contribution is 2.24. The maximum atomic E-state index is 12.2. The predicted octanol–water partition coefficient (Wildman–Crippen LogP) is 2.80. The van der Waals surface area contributed by atoms with Crippen LogP contribution in [0.25, 0.3) is 0 Å². The van der Waals surface area contributed by atoms with Gasteiger partial charge in [-0.1, -0.05) is 24.3 Å². The van der Waals surface area contributed by atoms with Gasteiger partial charge in [0.05, 0.1) is 17.0 Å². The molecule has 2 N–H and O–H groups in total. The Kier molecular flexibility index (Phi) is 3.84. The third kappa shape index (κ3) is 2.54. The Morgan fingerprint density at radius 1 is 0.800 bits per heavy atom. The van der Waals surface area contributed by atoms with Crippen molar-refractivity contribution in [3.8, 4) is 11.5 Å². The highest BCUT2D eigenvalue weighted by Gasteiger charge is 2.27. The summed E-state index contributed by atoms with van der Waals surface area (Å²) in [6, 6.07) is 12.1. The van der Waals surface area contributed by atoms with Gasteiger partial charge in [0.1, 0.15) is 11.5 Å². The minimum Gasteiger partial charge on any atom is -0.507 e. The SMILES string of the molecule is CC(C(=O)c1ccccc1O)C(=O)c1ccccc1O. The lowest BCUT2D eigenvalue weighted by molar-refractivity contribution is 0.0818. The van der Waals surface area contributed by atoms with Gasteiger partial charge in [-0.15, -0.1) is 0 Å². The number of benzene rings is 2. The zero-order valence-corrected chi connectivity index (χ0v) is 10.9. The molecular weight excluding hydrogens is 256 g/mol. The molecule has 0 saturated carbocycles. The molecule has 0 aromatic heterocycles. The maximum Gasteiger partial charge on any atom is 0.177 e. The summed E-state index contributed by atoms with van der Waals surface area (Å²) in [6.45, 7) is 1.46. The summed E-state index contributed by atoms with van der Waals surface area (Å²) in [6.07, 6.45) is 0. The first-order valence-electron chi connectivity index (χ1n) is 6.16. The van der Waals surface area contributed by atoms with E-state index in [4.69, 9.17) is 0 Å². The van der Waals surface area contributed by atoms with Crippen LogP contribution in [-0.4, -0.2) is 21.8 Å². The molecule has 0 spiro atoms. The van der Waals surface area contributed by atoms with Crippen LogP contribution < -0.4 is 0 Å². The average molecular weight is 270 g/mol. The molecule has 2 aromatic rings. The summed E-state index contributed by atoms with van der Waals surface area (Å²) in [5, 5.41) is 19.3. The van der Waals surface area contributed by atoms with Crippen LogP contribution in [0.3, 0.4) is 0 Å². The first kappa shape index (κ1) is 13.8. The van der Waals surface area contributed by atoms with Gasteiger partial charge in [0.2, 0.25) is 0 Å². The Bertz CT molecular complexity index is 604. The molecule has 0 atom stereocenters. The number of carbonyl (C=O) groups excluding carboxylic acids is 2. The monoisotopic (exact) mass is 270 g/mol. The number of hydrogen-bond donors (Lipinski definition) is 2. The lowest BCUT2D eigenvalue weighted by atomic mass is 9.91. The van der Waals surface area contributed by atoms with Gasteiger partial charge in [-0.3, -0.25) is 9.59 Å². The van der Waals surface area contributed by atoms with Gasteiger partial charge < -0.3 is 10.2 Å². The van der Waals surface area contributed by atoms with Crippen molar-refractivity contribution in [3.05, 3.63) is 59.7 Å². The molecule has 0 amide bonds. The van der Waals surface area contributed by atoms with Crippen molar-refractivity contribution in [2.75, 3.05) is 0 Å². The molecule has 0 heterocycles. The van der Waals surface area contributed by atoms with Gasteiger partial charge >= 0.3 is 0 Å². The van der Waals surface area contributed by atoms with E-state index in [2.05, 4.69) is 0 Å². The van der Waals surface area contributed by atoms with E-state index in [0.29, 0.717) is 0 Å². The van der Waals surface area contributed by atoms with Crippen LogP contribution in [0.2, 0.25) is 0 Å². The molecule has 2 rings (SSSR count). The molecule has 0 fully saturated rings. The van der Waals surface area contributed by atoms with Crippen molar-refractivity contribution in [2.45, 2.75) is 6.92 Å². The summed E-state index contributed by atoms with van der Waals surface area (Å²) in [4.78, 5) is 24.5. The standard InChI is InChI=1S/C16H14O4/c1-10(15(19)11-6-2-4-8-13(11)17)16(20)12-7-3-5-9-14(12)18/h2-10,17-18H,1H3. The van der Waals surface area contributed by atoms with Crippen molar-refractivity contribution in [1.82, 2.24) is 0 Å². The smallest absolute Gasteiger partial charge is 0.177 e. The second kappa shape index (κ2) is 5.57. The van der Waals surface area contributed by atoms with Crippen LogP contribution in [0.4, 0.5) is 0 Å². The summed E-state index contributed by atoms with van der Waals surface area (Å²) in [7, 11) is 0. The molecule has 4 nitrogen and oxygen atoms in total. The summed E-state index contributed by atoms with van der Waals surface area (Å²) < 4.78 is 0. The van der Waals surface area contributed by atoms with Crippen LogP contribution in [0.15, 0.2) is 48.5 Å². The van der Waals surface area contributed by atoms with Crippen LogP contribution in [0, 0.1) is 5.92 Å². The zero-order valence-electron chi connectivity index (χ0n) is 10.9. The molecule has 0 saturated heterocycles. The fourth-order valence-corrected chi connectivity index (χ4v) is 1.95. The van der Waals surface area contributed by atoms with E-state index in [-0.39, 0.29) is 22.6 Å². The molecule has 0 radical (unpaired) electrons. The molecule has 0 aliphatic carbocycles. The minimum atomic E-state index is -0.975. The largest absolute Gasteiger partial charge is 0.507 e. The first-order valence-corrected chi connectivity index (χ1v) is 6.16. The van der Waals surface area contributed by atoms with Crippen LogP contribution in [0.5, 0.6) is 11.5 Å². The van der Waals surface area contributed by atoms with E-state index in [1.165, 1.54) is 31.2 Å². The van der Waals surface area contributed by atoms with Crippen molar-refractivity contribution in [1.29, 1.82) is 0 Å². The van der Waals surface area contributed by atoms with Crippen LogP contribution >= 0.6 is 0 Å². The molecule has 0 bridgehead atoms. The number of para-hydroxylation sites is 2. The minimum absolute atomic E-state index is 0.101. The molecular formula is C16H14O4. The number of Topliss-reactive ketones (excluding diaryl/α,β-unsaturated/α-hetero) is 2. The number of hydrogen-bond acceptors (Lipinski definition) is 4. The van der Waals surface area contributed by atoms with Gasteiger partial charge in [-0.05, 0) is 31.2 Å². The van der Waals surface area contributed by atoms with E-state index >= 15 is 0 Å². The number of phenols is 2. The Morgan fingerprint density at radius 2 is 1.15 bits per heavy atom. The number of phenolic OH excluding ortho intramolecular Hbond substituents is 2. The second-order valence-corrected chi connectivity index (χ2v) is 4.48. The molecule has 0 aliphatic heterocycles. The van der Waals surface area contributed by atoms with Crippen molar-refractivity contribution >= 4 is 11.6 Å². The number of aromatic hydroxyl groups is 2. The first-order chi connectivity index (χ1) is 9.52. The Balaban J connectivity index is 2.30. The molecule has 4 heteroatoms. The summed E-state index contributed by atoms with van der Waals surface area (Å²) in [5.41, 5.74) is 0.201. The van der Waals surface area contributed by atoms with Crippen molar-refractivity contribution in [2.24, 2.45) is 5.92 Å². The van der Waals surface area contributed by atoms with Crippen LogP contribution in [-0.2, 0) is 0 Å². The summed E-state index contributed by atoms with van der Waals surface area (Å²) >= 11 is 0. The Morgan fingerprint density at radius 3 is 1.50 bits per heavy atom. The molecule has 102 valence electrons. The molecule has 0 unspecified atom stereocenters. The van der Waals surface area contributed by atoms with E-state index < -0.39 is 17.5 Å². The topological polar surface area (TPSA) is 74.6 Å². The van der Waals surface area contributed by atoms with Gasteiger partial charge in [-0.25, -0.2) is 0 Å². The van der Waals surface area contributed by atoms with Crippen LogP contribution in [0.1, 0.15) is 27.6 Å². The van der Waals surface area contributed by atoms with Gasteiger partial charge in [0.15, 0.2) is 11.6 Å². The normalized spacial score (nSPS) is 10.5. The lowest BCUT2D eigenvalue weighted by Gasteiger charge is -2.11. The zero-order chi connectivity index (χ0) is 14.7.